The molecule has 0 spiro atoms. The number of fused-ring (bicyclic) bond motifs is 1. The smallest absolute Gasteiger partial charge is 0.385 e. The monoisotopic (exact) mass is 552 g/mol. The Labute approximate surface area is 210 Å². The molecule has 4 rings (SSSR count). The van der Waals surface area contributed by atoms with Crippen LogP contribution in [-0.2, 0) is 32.1 Å². The van der Waals surface area contributed by atoms with Crippen molar-refractivity contribution < 1.29 is 39.5 Å². The zero-order valence-corrected chi connectivity index (χ0v) is 19.9. The lowest BCUT2D eigenvalue weighted by molar-refractivity contribution is -0.143. The summed E-state index contributed by atoms with van der Waals surface area (Å²) in [5.74, 6) is -0.103. The third-order valence-electron chi connectivity index (χ3n) is 6.16. The van der Waals surface area contributed by atoms with Gasteiger partial charge in [0.05, 0.1) is 29.8 Å². The fourth-order valence-electron chi connectivity index (χ4n) is 4.48. The van der Waals surface area contributed by atoms with Crippen LogP contribution in [0.15, 0.2) is 30.3 Å². The first kappa shape index (κ1) is 27.5. The van der Waals surface area contributed by atoms with Crippen molar-refractivity contribution in [1.29, 1.82) is 0 Å². The Hall–Kier alpha value is -3.52. The summed E-state index contributed by atoms with van der Waals surface area (Å²) in [5, 5.41) is 14.6. The second-order valence-electron chi connectivity index (χ2n) is 8.96. The van der Waals surface area contributed by atoms with Crippen LogP contribution in [-0.4, -0.2) is 26.8 Å². The molecule has 0 saturated carbocycles. The number of nitrogens with one attached hydrogen (secondary N) is 1. The van der Waals surface area contributed by atoms with E-state index in [-0.39, 0.29) is 28.8 Å². The van der Waals surface area contributed by atoms with Crippen molar-refractivity contribution in [1.82, 2.24) is 20.2 Å². The first-order chi connectivity index (χ1) is 17.5. The molecule has 0 fully saturated rings. The molecule has 206 valence electrons. The molecule has 1 N–H and O–H groups in total. The van der Waals surface area contributed by atoms with Gasteiger partial charge in [-0.25, -0.2) is 0 Å². The Kier molecular flexibility index (Phi) is 6.99. The lowest BCUT2D eigenvalue weighted by atomic mass is 9.94. The molecule has 0 radical (unpaired) electrons. The minimum atomic E-state index is -5.05. The average molecular weight is 552 g/mol. The molecule has 0 aliphatic carbocycles. The Morgan fingerprint density at radius 2 is 1.55 bits per heavy atom. The number of anilines is 2. The second kappa shape index (κ2) is 9.66. The average Bonchev–Trinajstić information content (AvgIpc) is 3.11. The first-order valence-electron chi connectivity index (χ1n) is 11.3. The van der Waals surface area contributed by atoms with Crippen LogP contribution >= 0.6 is 0 Å². The molecule has 2 aromatic carbocycles. The number of nitrogens with zero attached hydrogens (tertiary/aromatic N) is 5. The van der Waals surface area contributed by atoms with Crippen LogP contribution in [0, 0.1) is 6.92 Å². The van der Waals surface area contributed by atoms with E-state index in [0.717, 1.165) is 10.9 Å². The lowest BCUT2D eigenvalue weighted by Gasteiger charge is -2.32. The van der Waals surface area contributed by atoms with E-state index < -0.39 is 47.8 Å². The summed E-state index contributed by atoms with van der Waals surface area (Å²) in [4.78, 5) is 2.42. The van der Waals surface area contributed by atoms with Crippen molar-refractivity contribution in [2.24, 2.45) is 7.05 Å². The maximum Gasteiger partial charge on any atom is 0.416 e. The molecule has 3 aromatic rings. The van der Waals surface area contributed by atoms with E-state index in [0.29, 0.717) is 37.1 Å². The van der Waals surface area contributed by atoms with Crippen molar-refractivity contribution in [2.45, 2.75) is 50.9 Å². The summed E-state index contributed by atoms with van der Waals surface area (Å²) in [7, 11) is 1.42. The summed E-state index contributed by atoms with van der Waals surface area (Å²) in [6, 6.07) is 2.73. The number of hydrogen-bond donors (Lipinski definition) is 1. The number of hydrogen-bond acceptors (Lipinski definition) is 5. The van der Waals surface area contributed by atoms with Crippen molar-refractivity contribution in [2.75, 3.05) is 16.8 Å². The van der Waals surface area contributed by atoms with Gasteiger partial charge in [0.15, 0.2) is 0 Å². The fraction of sp³-hybridized carbons (Fsp3) is 0.435. The van der Waals surface area contributed by atoms with Crippen LogP contribution in [0.5, 0.6) is 0 Å². The molecule has 1 aliphatic rings. The minimum absolute atomic E-state index is 0.0291. The van der Waals surface area contributed by atoms with Gasteiger partial charge in [-0.2, -0.15) is 44.3 Å². The molecular weight excluding hydrogens is 531 g/mol. The van der Waals surface area contributed by atoms with Crippen LogP contribution in [0.1, 0.15) is 52.3 Å². The molecule has 1 aromatic heterocycles. The van der Waals surface area contributed by atoms with Gasteiger partial charge in [0.25, 0.3) is 5.95 Å². The largest absolute Gasteiger partial charge is 0.416 e. The molecule has 2 heterocycles. The number of halogens is 9. The molecule has 6 nitrogen and oxygen atoms in total. The van der Waals surface area contributed by atoms with Gasteiger partial charge in [-0.05, 0) is 65.9 Å². The Morgan fingerprint density at radius 3 is 2.08 bits per heavy atom. The van der Waals surface area contributed by atoms with Crippen molar-refractivity contribution in [3.8, 4) is 0 Å². The van der Waals surface area contributed by atoms with E-state index in [2.05, 4.69) is 20.7 Å². The summed E-state index contributed by atoms with van der Waals surface area (Å²) in [5.41, 5.74) is -3.72. The zero-order chi connectivity index (χ0) is 28.0. The van der Waals surface area contributed by atoms with Gasteiger partial charge in [-0.1, -0.05) is 11.2 Å². The van der Waals surface area contributed by atoms with Crippen molar-refractivity contribution in [3.63, 3.8) is 0 Å². The van der Waals surface area contributed by atoms with Gasteiger partial charge in [0.1, 0.15) is 0 Å². The third kappa shape index (κ3) is 5.80. The van der Waals surface area contributed by atoms with Gasteiger partial charge < -0.3 is 10.2 Å². The molecule has 15 heteroatoms. The molecule has 0 unspecified atom stereocenters. The quantitative estimate of drug-likeness (QED) is 0.373. The normalized spacial score (nSPS) is 16.6. The van der Waals surface area contributed by atoms with E-state index in [1.165, 1.54) is 24.9 Å². The van der Waals surface area contributed by atoms with E-state index >= 15 is 0 Å². The number of tetrazole rings is 1. The van der Waals surface area contributed by atoms with Crippen LogP contribution in [0.4, 0.5) is 51.1 Å². The molecule has 0 bridgehead atoms. The Bertz CT molecular complexity index is 1280. The Morgan fingerprint density at radius 1 is 0.921 bits per heavy atom. The van der Waals surface area contributed by atoms with Crippen molar-refractivity contribution >= 4 is 11.6 Å². The molecule has 0 saturated heterocycles. The molecular formula is C23H21F9N6. The maximum absolute atomic E-state index is 13.5. The fourth-order valence-corrected chi connectivity index (χ4v) is 4.48. The molecule has 1 atom stereocenters. The molecule has 0 amide bonds. The number of alkyl halides is 9. The van der Waals surface area contributed by atoms with Gasteiger partial charge in [-0.15, -0.1) is 5.10 Å². The zero-order valence-electron chi connectivity index (χ0n) is 19.9. The van der Waals surface area contributed by atoms with Crippen LogP contribution in [0.3, 0.4) is 0 Å². The lowest BCUT2D eigenvalue weighted by Crippen LogP contribution is -2.30. The number of aryl methyl sites for hydroxylation is 2. The minimum Gasteiger partial charge on any atom is -0.385 e. The van der Waals surface area contributed by atoms with Gasteiger partial charge in [0.2, 0.25) is 0 Å². The van der Waals surface area contributed by atoms with E-state index in [1.54, 1.807) is 0 Å². The second-order valence-corrected chi connectivity index (χ2v) is 8.96. The third-order valence-corrected chi connectivity index (χ3v) is 6.16. The summed E-state index contributed by atoms with van der Waals surface area (Å²) in [6.45, 7) is 1.08. The highest BCUT2D eigenvalue weighted by Gasteiger charge is 2.38. The highest BCUT2D eigenvalue weighted by atomic mass is 19.4. The summed E-state index contributed by atoms with van der Waals surface area (Å²) in [6.07, 6.45) is -14.0. The van der Waals surface area contributed by atoms with Crippen molar-refractivity contribution in [3.05, 3.63) is 63.7 Å². The summed E-state index contributed by atoms with van der Waals surface area (Å²) < 4.78 is 121. The Balaban J connectivity index is 1.86. The topological polar surface area (TPSA) is 58.9 Å². The SMILES string of the molecule is Cc1cc2c(cc1C(F)(F)F)NCCC[C@@H]2N(Cc1cc(C(F)(F)F)cc(C(F)(F)F)c1)c1nnn(C)n1. The molecule has 38 heavy (non-hydrogen) atoms. The van der Waals surface area contributed by atoms with Gasteiger partial charge in [0, 0.05) is 18.8 Å². The first-order valence-corrected chi connectivity index (χ1v) is 11.3. The van der Waals surface area contributed by atoms with E-state index in [1.807, 2.05) is 0 Å². The van der Waals surface area contributed by atoms with Gasteiger partial charge >= 0.3 is 18.5 Å². The number of rotatable bonds is 4. The standard InChI is InChI=1S/C23H21F9N6/c1-12-6-16-18(10-17(12)23(30,31)32)33-5-3-4-19(16)38(20-34-36-37(2)35-20)11-13-7-14(21(24,25)26)9-15(8-13)22(27,28)29/h6-10,19,33H,3-5,11H2,1-2H3/t19-/m0/s1. The van der Waals surface area contributed by atoms with E-state index in [4.69, 9.17) is 0 Å². The maximum atomic E-state index is 13.5. The number of benzene rings is 2. The highest BCUT2D eigenvalue weighted by molar-refractivity contribution is 5.60. The van der Waals surface area contributed by atoms with Crippen LogP contribution in [0.25, 0.3) is 0 Å². The summed E-state index contributed by atoms with van der Waals surface area (Å²) >= 11 is 0. The van der Waals surface area contributed by atoms with Gasteiger partial charge in [-0.3, -0.25) is 0 Å². The predicted octanol–water partition coefficient (Wildman–Crippen LogP) is 6.53. The van der Waals surface area contributed by atoms with Crippen LogP contribution in [0.2, 0.25) is 0 Å². The highest BCUT2D eigenvalue weighted by Crippen LogP contribution is 2.42. The van der Waals surface area contributed by atoms with Crippen LogP contribution < -0.4 is 10.2 Å². The number of aromatic nitrogens is 4. The predicted molar refractivity (Wildman–Crippen MR) is 118 cm³/mol. The van der Waals surface area contributed by atoms with E-state index in [9.17, 15) is 39.5 Å². The molecule has 1 aliphatic heterocycles.